The van der Waals surface area contributed by atoms with Gasteiger partial charge in [-0.15, -0.1) is 0 Å². The maximum Gasteiger partial charge on any atom is 0.223 e. The Hall–Kier alpha value is -2.54. The molecule has 7 heteroatoms. The van der Waals surface area contributed by atoms with E-state index in [0.717, 1.165) is 48.3 Å². The van der Waals surface area contributed by atoms with Crippen LogP contribution in [0.15, 0.2) is 18.2 Å². The van der Waals surface area contributed by atoms with Gasteiger partial charge in [0.25, 0.3) is 0 Å². The van der Waals surface area contributed by atoms with Crippen molar-refractivity contribution in [3.8, 4) is 5.75 Å². The highest BCUT2D eigenvalue weighted by Crippen LogP contribution is 2.33. The van der Waals surface area contributed by atoms with Gasteiger partial charge in [0.15, 0.2) is 0 Å². The molecule has 1 aliphatic rings. The first-order chi connectivity index (χ1) is 10.2. The maximum atomic E-state index is 9.76. The van der Waals surface area contributed by atoms with Crippen molar-refractivity contribution in [2.24, 2.45) is 0 Å². The standard InChI is InChI=1S/C14H16N6O/c15-14-18-12-11(9-7-8(21)1-2-10(9)17-12)13(19-14)20-5-3-16-4-6-20/h1-2,7,16,21H,3-6H2,(H3,15,17,18,19). The number of hydrogen-bond donors (Lipinski definition) is 4. The molecule has 4 rings (SSSR count). The van der Waals surface area contributed by atoms with Crippen molar-refractivity contribution in [3.63, 3.8) is 0 Å². The van der Waals surface area contributed by atoms with Crippen LogP contribution in [0.2, 0.25) is 0 Å². The second kappa shape index (κ2) is 4.49. The van der Waals surface area contributed by atoms with Crippen LogP contribution in [0, 0.1) is 0 Å². The zero-order chi connectivity index (χ0) is 14.4. The van der Waals surface area contributed by atoms with Crippen molar-refractivity contribution in [1.82, 2.24) is 20.3 Å². The van der Waals surface area contributed by atoms with Crippen LogP contribution in [0.3, 0.4) is 0 Å². The fourth-order valence-corrected chi connectivity index (χ4v) is 2.89. The van der Waals surface area contributed by atoms with Gasteiger partial charge < -0.3 is 26.0 Å². The number of anilines is 2. The van der Waals surface area contributed by atoms with Gasteiger partial charge in [-0.25, -0.2) is 0 Å². The molecule has 2 aromatic heterocycles. The van der Waals surface area contributed by atoms with E-state index in [1.165, 1.54) is 0 Å². The second-order valence-corrected chi connectivity index (χ2v) is 5.22. The van der Waals surface area contributed by atoms with Gasteiger partial charge in [0.05, 0.1) is 5.39 Å². The van der Waals surface area contributed by atoms with Gasteiger partial charge in [-0.05, 0) is 18.2 Å². The van der Waals surface area contributed by atoms with Gasteiger partial charge >= 0.3 is 0 Å². The average Bonchev–Trinajstić information content (AvgIpc) is 2.84. The summed E-state index contributed by atoms with van der Waals surface area (Å²) in [7, 11) is 0. The van der Waals surface area contributed by atoms with Gasteiger partial charge in [-0.1, -0.05) is 0 Å². The maximum absolute atomic E-state index is 9.76. The molecule has 0 atom stereocenters. The number of nitrogens with two attached hydrogens (primary N) is 1. The van der Waals surface area contributed by atoms with E-state index in [4.69, 9.17) is 5.73 Å². The number of nitrogen functional groups attached to an aromatic ring is 1. The number of aromatic amines is 1. The average molecular weight is 284 g/mol. The summed E-state index contributed by atoms with van der Waals surface area (Å²) in [4.78, 5) is 14.2. The van der Waals surface area contributed by atoms with Gasteiger partial charge in [-0.3, -0.25) is 0 Å². The number of nitrogens with zero attached hydrogens (tertiary/aromatic N) is 3. The molecule has 0 amide bonds. The predicted molar refractivity (Wildman–Crippen MR) is 82.6 cm³/mol. The Bertz CT molecular complexity index is 821. The first kappa shape index (κ1) is 12.2. The summed E-state index contributed by atoms with van der Waals surface area (Å²) in [6.45, 7) is 3.58. The number of hydrogen-bond acceptors (Lipinski definition) is 6. The summed E-state index contributed by atoms with van der Waals surface area (Å²) in [5.41, 5.74) is 7.47. The fourth-order valence-electron chi connectivity index (χ4n) is 2.89. The molecule has 108 valence electrons. The molecule has 0 saturated carbocycles. The molecule has 21 heavy (non-hydrogen) atoms. The Morgan fingerprint density at radius 1 is 1.19 bits per heavy atom. The molecule has 3 heterocycles. The van der Waals surface area contributed by atoms with E-state index in [9.17, 15) is 5.11 Å². The van der Waals surface area contributed by atoms with Crippen LogP contribution in [-0.2, 0) is 0 Å². The van der Waals surface area contributed by atoms with Gasteiger partial charge in [0.1, 0.15) is 17.2 Å². The molecule has 0 unspecified atom stereocenters. The number of piperazine rings is 1. The summed E-state index contributed by atoms with van der Waals surface area (Å²) in [5, 5.41) is 14.9. The van der Waals surface area contributed by atoms with Gasteiger partial charge in [-0.2, -0.15) is 9.97 Å². The first-order valence-corrected chi connectivity index (χ1v) is 6.96. The van der Waals surface area contributed by atoms with E-state index in [-0.39, 0.29) is 11.7 Å². The molecule has 1 fully saturated rings. The van der Waals surface area contributed by atoms with E-state index in [2.05, 4.69) is 25.2 Å². The summed E-state index contributed by atoms with van der Waals surface area (Å²) in [5.74, 6) is 1.31. The molecule has 0 radical (unpaired) electrons. The van der Waals surface area contributed by atoms with Crippen LogP contribution >= 0.6 is 0 Å². The molecule has 0 bridgehead atoms. The highest BCUT2D eigenvalue weighted by molar-refractivity contribution is 6.12. The Balaban J connectivity index is 2.03. The van der Waals surface area contributed by atoms with Crippen molar-refractivity contribution in [3.05, 3.63) is 18.2 Å². The third-order valence-corrected chi connectivity index (χ3v) is 3.85. The smallest absolute Gasteiger partial charge is 0.223 e. The number of rotatable bonds is 1. The van der Waals surface area contributed by atoms with E-state index in [0.29, 0.717) is 5.65 Å². The zero-order valence-corrected chi connectivity index (χ0v) is 11.4. The van der Waals surface area contributed by atoms with E-state index < -0.39 is 0 Å². The minimum Gasteiger partial charge on any atom is -0.508 e. The molecular formula is C14H16N6O. The Labute approximate surface area is 120 Å². The third-order valence-electron chi connectivity index (χ3n) is 3.85. The third kappa shape index (κ3) is 1.93. The SMILES string of the molecule is Nc1nc(N2CCNCC2)c2c(n1)[nH]c1ccc(O)cc12. The monoisotopic (exact) mass is 284 g/mol. The Morgan fingerprint density at radius 3 is 2.81 bits per heavy atom. The van der Waals surface area contributed by atoms with Crippen LogP contribution < -0.4 is 16.0 Å². The molecule has 0 aliphatic carbocycles. The number of aromatic nitrogens is 3. The molecule has 0 spiro atoms. The minimum absolute atomic E-state index is 0.228. The Kier molecular flexibility index (Phi) is 2.61. The molecule has 5 N–H and O–H groups in total. The van der Waals surface area contributed by atoms with Crippen LogP contribution in [-0.4, -0.2) is 46.2 Å². The normalized spacial score (nSPS) is 15.9. The van der Waals surface area contributed by atoms with Crippen molar-refractivity contribution in [2.45, 2.75) is 0 Å². The zero-order valence-electron chi connectivity index (χ0n) is 11.4. The number of phenolic OH excluding ortho intramolecular Hbond substituents is 1. The molecule has 1 aromatic carbocycles. The molecule has 7 nitrogen and oxygen atoms in total. The van der Waals surface area contributed by atoms with Crippen molar-refractivity contribution >= 4 is 33.7 Å². The quantitative estimate of drug-likeness (QED) is 0.527. The summed E-state index contributed by atoms with van der Waals surface area (Å²) in [6.07, 6.45) is 0. The number of nitrogens with one attached hydrogen (secondary N) is 2. The summed E-state index contributed by atoms with van der Waals surface area (Å²) < 4.78 is 0. The fraction of sp³-hybridized carbons (Fsp3) is 0.286. The van der Waals surface area contributed by atoms with Crippen LogP contribution in [0.5, 0.6) is 5.75 Å². The lowest BCUT2D eigenvalue weighted by molar-refractivity contribution is 0.476. The number of aromatic hydroxyl groups is 1. The molecule has 1 saturated heterocycles. The highest BCUT2D eigenvalue weighted by Gasteiger charge is 2.19. The van der Waals surface area contributed by atoms with Gasteiger partial charge in [0, 0.05) is 37.1 Å². The largest absolute Gasteiger partial charge is 0.508 e. The number of phenols is 1. The van der Waals surface area contributed by atoms with Crippen molar-refractivity contribution in [1.29, 1.82) is 0 Å². The van der Waals surface area contributed by atoms with Crippen LogP contribution in [0.25, 0.3) is 21.9 Å². The van der Waals surface area contributed by atoms with E-state index in [1.807, 2.05) is 6.07 Å². The predicted octanol–water partition coefficient (Wildman–Crippen LogP) is 0.808. The lowest BCUT2D eigenvalue weighted by Crippen LogP contribution is -2.44. The van der Waals surface area contributed by atoms with Crippen LogP contribution in [0.1, 0.15) is 0 Å². The lowest BCUT2D eigenvalue weighted by Gasteiger charge is -2.28. The van der Waals surface area contributed by atoms with E-state index >= 15 is 0 Å². The van der Waals surface area contributed by atoms with E-state index in [1.54, 1.807) is 12.1 Å². The van der Waals surface area contributed by atoms with Crippen molar-refractivity contribution in [2.75, 3.05) is 36.8 Å². The van der Waals surface area contributed by atoms with Gasteiger partial charge in [0.2, 0.25) is 5.95 Å². The highest BCUT2D eigenvalue weighted by atomic mass is 16.3. The second-order valence-electron chi connectivity index (χ2n) is 5.22. The van der Waals surface area contributed by atoms with Crippen molar-refractivity contribution < 1.29 is 5.11 Å². The number of benzene rings is 1. The molecular weight excluding hydrogens is 268 g/mol. The first-order valence-electron chi connectivity index (χ1n) is 6.96. The lowest BCUT2D eigenvalue weighted by atomic mass is 10.2. The van der Waals surface area contributed by atoms with Crippen LogP contribution in [0.4, 0.5) is 11.8 Å². The molecule has 1 aliphatic heterocycles. The molecule has 3 aromatic rings. The Morgan fingerprint density at radius 2 is 2.00 bits per heavy atom. The summed E-state index contributed by atoms with van der Waals surface area (Å²) in [6, 6.07) is 5.22. The summed E-state index contributed by atoms with van der Waals surface area (Å²) >= 11 is 0. The minimum atomic E-state index is 0.228. The topological polar surface area (TPSA) is 103 Å². The number of fused-ring (bicyclic) bond motifs is 3. The number of H-pyrrole nitrogens is 1.